The van der Waals surface area contributed by atoms with Crippen molar-refractivity contribution < 1.29 is 32.2 Å². The summed E-state index contributed by atoms with van der Waals surface area (Å²) in [6.07, 6.45) is -3.31. The molecule has 0 fully saturated rings. The van der Waals surface area contributed by atoms with Gasteiger partial charge in [-0.25, -0.2) is 0 Å². The van der Waals surface area contributed by atoms with Crippen LogP contribution in [0.4, 0.5) is 18.9 Å². The van der Waals surface area contributed by atoms with Gasteiger partial charge in [0.05, 0.1) is 32.6 Å². The minimum atomic E-state index is -4.50. The highest BCUT2D eigenvalue weighted by Gasteiger charge is 2.30. The van der Waals surface area contributed by atoms with Crippen LogP contribution in [-0.2, 0) is 12.6 Å². The quantitative estimate of drug-likeness (QED) is 0.230. The molecule has 0 aliphatic heterocycles. The maximum absolute atomic E-state index is 13.2. The summed E-state index contributed by atoms with van der Waals surface area (Å²) < 4.78 is 54.9. The molecule has 10 heteroatoms. The zero-order valence-electron chi connectivity index (χ0n) is 18.9. The van der Waals surface area contributed by atoms with Gasteiger partial charge in [-0.1, -0.05) is 29.3 Å². The lowest BCUT2D eigenvalue weighted by atomic mass is 9.98. The number of benzene rings is 3. The SMILES string of the molecule is COc1cc(C(=O)Cc2c(Cl)cc(Cl)cc2/C=N\c2cccc(C(F)(F)F)c2)cc(OC)c1OC. The van der Waals surface area contributed by atoms with Crippen molar-refractivity contribution >= 4 is 40.9 Å². The smallest absolute Gasteiger partial charge is 0.416 e. The Hall–Kier alpha value is -3.23. The summed E-state index contributed by atoms with van der Waals surface area (Å²) in [5.74, 6) is 0.639. The Morgan fingerprint density at radius 1 is 0.971 bits per heavy atom. The van der Waals surface area contributed by atoms with E-state index in [-0.39, 0.29) is 33.5 Å². The molecule has 0 radical (unpaired) electrons. The number of methoxy groups -OCH3 is 3. The maximum Gasteiger partial charge on any atom is 0.416 e. The highest BCUT2D eigenvalue weighted by Crippen LogP contribution is 2.39. The molecular formula is C25H20Cl2F3NO4. The van der Waals surface area contributed by atoms with Crippen LogP contribution in [0.5, 0.6) is 17.2 Å². The molecule has 3 aromatic carbocycles. The van der Waals surface area contributed by atoms with Crippen molar-refractivity contribution in [2.24, 2.45) is 4.99 Å². The Kier molecular flexibility index (Phi) is 8.30. The fourth-order valence-electron chi connectivity index (χ4n) is 3.34. The van der Waals surface area contributed by atoms with Gasteiger partial charge in [0.2, 0.25) is 5.75 Å². The third kappa shape index (κ3) is 6.26. The van der Waals surface area contributed by atoms with Crippen molar-refractivity contribution in [1.29, 1.82) is 0 Å². The summed E-state index contributed by atoms with van der Waals surface area (Å²) in [7, 11) is 4.32. The molecule has 0 aliphatic carbocycles. The summed E-state index contributed by atoms with van der Waals surface area (Å²) in [4.78, 5) is 17.3. The van der Waals surface area contributed by atoms with Gasteiger partial charge in [-0.2, -0.15) is 13.2 Å². The molecule has 0 spiro atoms. The monoisotopic (exact) mass is 525 g/mol. The fraction of sp³-hybridized carbons (Fsp3) is 0.200. The molecule has 0 N–H and O–H groups in total. The van der Waals surface area contributed by atoms with Crippen LogP contribution < -0.4 is 14.2 Å². The van der Waals surface area contributed by atoms with Crippen LogP contribution in [0.2, 0.25) is 10.0 Å². The number of ether oxygens (including phenoxy) is 3. The van der Waals surface area contributed by atoms with Crippen molar-refractivity contribution in [2.75, 3.05) is 21.3 Å². The van der Waals surface area contributed by atoms with Gasteiger partial charge >= 0.3 is 6.18 Å². The zero-order valence-corrected chi connectivity index (χ0v) is 20.4. The van der Waals surface area contributed by atoms with E-state index < -0.39 is 11.7 Å². The van der Waals surface area contributed by atoms with Gasteiger partial charge < -0.3 is 14.2 Å². The number of hydrogen-bond acceptors (Lipinski definition) is 5. The Morgan fingerprint density at radius 3 is 2.20 bits per heavy atom. The second kappa shape index (κ2) is 11.0. The Balaban J connectivity index is 1.98. The highest BCUT2D eigenvalue weighted by atomic mass is 35.5. The van der Waals surface area contributed by atoms with E-state index in [1.54, 1.807) is 0 Å². The number of alkyl halides is 3. The van der Waals surface area contributed by atoms with Gasteiger partial charge in [-0.15, -0.1) is 0 Å². The lowest BCUT2D eigenvalue weighted by Gasteiger charge is -2.14. The molecule has 0 atom stereocenters. The number of carbonyl (C=O) groups is 1. The number of halogens is 5. The summed E-state index contributed by atoms with van der Waals surface area (Å²) in [6, 6.07) is 10.6. The first-order valence-electron chi connectivity index (χ1n) is 10.1. The van der Waals surface area contributed by atoms with Crippen LogP contribution in [-0.4, -0.2) is 33.3 Å². The van der Waals surface area contributed by atoms with Crippen molar-refractivity contribution in [2.45, 2.75) is 12.6 Å². The standard InChI is InChI=1S/C25H20Cl2F3NO4/c1-33-22-8-14(9-23(34-2)24(22)35-3)21(32)12-19-15(7-17(26)11-20(19)27)13-31-18-6-4-5-16(10-18)25(28,29)30/h4-11,13H,12H2,1-3H3/b31-13-. The van der Waals surface area contributed by atoms with Gasteiger partial charge in [0, 0.05) is 28.2 Å². The van der Waals surface area contributed by atoms with Crippen LogP contribution in [0.25, 0.3) is 0 Å². The highest BCUT2D eigenvalue weighted by molar-refractivity contribution is 6.35. The van der Waals surface area contributed by atoms with Crippen LogP contribution in [0.1, 0.15) is 27.0 Å². The molecule has 184 valence electrons. The minimum absolute atomic E-state index is 0.0813. The molecule has 0 saturated heterocycles. The molecule has 0 aliphatic rings. The van der Waals surface area contributed by atoms with Gasteiger partial charge in [0.25, 0.3) is 0 Å². The van der Waals surface area contributed by atoms with E-state index in [9.17, 15) is 18.0 Å². The largest absolute Gasteiger partial charge is 0.493 e. The predicted octanol–water partition coefficient (Wildman–Crippen LogP) is 7.21. The van der Waals surface area contributed by atoms with E-state index in [4.69, 9.17) is 37.4 Å². The number of hydrogen-bond donors (Lipinski definition) is 0. The van der Waals surface area contributed by atoms with Gasteiger partial charge in [0.1, 0.15) is 0 Å². The number of aliphatic imine (C=N–C) groups is 1. The zero-order chi connectivity index (χ0) is 25.8. The molecule has 0 heterocycles. The van der Waals surface area contributed by atoms with Crippen molar-refractivity contribution in [1.82, 2.24) is 0 Å². The Bertz CT molecular complexity index is 1250. The first kappa shape index (κ1) is 26.4. The second-order valence-corrected chi connectivity index (χ2v) is 8.12. The Morgan fingerprint density at radius 2 is 1.63 bits per heavy atom. The summed E-state index contributed by atoms with van der Waals surface area (Å²) in [5, 5.41) is 0.494. The predicted molar refractivity (Wildman–Crippen MR) is 129 cm³/mol. The third-order valence-electron chi connectivity index (χ3n) is 5.04. The number of nitrogens with zero attached hydrogens (tertiary/aromatic N) is 1. The molecule has 0 saturated carbocycles. The molecule has 35 heavy (non-hydrogen) atoms. The van der Waals surface area contributed by atoms with E-state index in [1.807, 2.05) is 0 Å². The molecule has 0 amide bonds. The molecule has 3 rings (SSSR count). The first-order chi connectivity index (χ1) is 16.6. The second-order valence-electron chi connectivity index (χ2n) is 7.28. The van der Waals surface area contributed by atoms with E-state index in [0.717, 1.165) is 12.1 Å². The van der Waals surface area contributed by atoms with E-state index in [0.29, 0.717) is 28.4 Å². The van der Waals surface area contributed by atoms with E-state index in [1.165, 1.54) is 63.9 Å². The average molecular weight is 526 g/mol. The first-order valence-corrected chi connectivity index (χ1v) is 10.9. The van der Waals surface area contributed by atoms with Gasteiger partial charge in [-0.05, 0) is 53.6 Å². The van der Waals surface area contributed by atoms with Gasteiger partial charge in [-0.3, -0.25) is 9.79 Å². The Labute approximate surface area is 210 Å². The van der Waals surface area contributed by atoms with Crippen molar-refractivity contribution in [3.05, 3.63) is 80.8 Å². The normalized spacial score (nSPS) is 11.5. The lowest BCUT2D eigenvalue weighted by Crippen LogP contribution is -2.08. The van der Waals surface area contributed by atoms with Crippen LogP contribution in [0, 0.1) is 0 Å². The molecule has 0 bridgehead atoms. The molecule has 3 aromatic rings. The fourth-order valence-corrected chi connectivity index (χ4v) is 3.91. The summed E-state index contributed by atoms with van der Waals surface area (Å²) in [6.45, 7) is 0. The molecule has 0 unspecified atom stereocenters. The molecule has 5 nitrogen and oxygen atoms in total. The molecule has 0 aromatic heterocycles. The summed E-state index contributed by atoms with van der Waals surface area (Å²) in [5.41, 5.74) is 0.337. The summed E-state index contributed by atoms with van der Waals surface area (Å²) >= 11 is 12.5. The van der Waals surface area contributed by atoms with Crippen LogP contribution in [0.15, 0.2) is 53.5 Å². The van der Waals surface area contributed by atoms with Crippen LogP contribution >= 0.6 is 23.2 Å². The van der Waals surface area contributed by atoms with Crippen molar-refractivity contribution in [3.63, 3.8) is 0 Å². The number of rotatable bonds is 8. The third-order valence-corrected chi connectivity index (χ3v) is 5.60. The van der Waals surface area contributed by atoms with Gasteiger partial charge in [0.15, 0.2) is 17.3 Å². The topological polar surface area (TPSA) is 57.1 Å². The van der Waals surface area contributed by atoms with Crippen molar-refractivity contribution in [3.8, 4) is 17.2 Å². The number of Topliss-reactive ketones (excluding diaryl/α,β-unsaturated/α-hetero) is 1. The molecular weight excluding hydrogens is 506 g/mol. The van der Waals surface area contributed by atoms with Crippen LogP contribution in [0.3, 0.4) is 0 Å². The van der Waals surface area contributed by atoms with E-state index in [2.05, 4.69) is 4.99 Å². The number of ketones is 1. The average Bonchev–Trinajstić information content (AvgIpc) is 2.82. The number of carbonyl (C=O) groups excluding carboxylic acids is 1. The lowest BCUT2D eigenvalue weighted by molar-refractivity contribution is -0.137. The minimum Gasteiger partial charge on any atom is -0.493 e. The van der Waals surface area contributed by atoms with E-state index >= 15 is 0 Å². The maximum atomic E-state index is 13.2.